The van der Waals surface area contributed by atoms with Crippen LogP contribution in [0.1, 0.15) is 58.2 Å². The number of benzene rings is 1. The summed E-state index contributed by atoms with van der Waals surface area (Å²) in [5.41, 5.74) is -0.973. The van der Waals surface area contributed by atoms with Gasteiger partial charge in [0.1, 0.15) is 16.8 Å². The van der Waals surface area contributed by atoms with Crippen LogP contribution in [-0.2, 0) is 31.5 Å². The molecule has 0 radical (unpaired) electrons. The van der Waals surface area contributed by atoms with Gasteiger partial charge in [0, 0.05) is 0 Å². The van der Waals surface area contributed by atoms with E-state index in [1.54, 1.807) is 59.7 Å². The first kappa shape index (κ1) is 18.0. The van der Waals surface area contributed by atoms with Crippen molar-refractivity contribution in [3.05, 3.63) is 34.9 Å². The fourth-order valence-corrected chi connectivity index (χ4v) is 1.83. The fraction of sp³-hybridized carbons (Fsp3) is 0.600. The minimum atomic E-state index is -0.970. The van der Waals surface area contributed by atoms with Crippen molar-refractivity contribution in [1.82, 2.24) is 0 Å². The molecule has 0 saturated carbocycles. The molecule has 0 aromatic heterocycles. The predicted molar refractivity (Wildman–Crippen MR) is 76.7 cm³/mol. The van der Waals surface area contributed by atoms with Crippen LogP contribution in [0, 0.1) is 0 Å². The zero-order chi connectivity index (χ0) is 16.5. The Morgan fingerprint density at radius 3 is 0.905 bits per heavy atom. The molecule has 21 heavy (non-hydrogen) atoms. The van der Waals surface area contributed by atoms with Gasteiger partial charge in [0.15, 0.2) is 0 Å². The van der Waals surface area contributed by atoms with Gasteiger partial charge in [-0.2, -0.15) is 0 Å². The van der Waals surface area contributed by atoms with Crippen LogP contribution in [0.15, 0.2) is 18.2 Å². The molecule has 6 nitrogen and oxygen atoms in total. The summed E-state index contributed by atoms with van der Waals surface area (Å²) in [5, 5.41) is 27.3. The van der Waals surface area contributed by atoms with E-state index in [1.807, 2.05) is 0 Å². The van der Waals surface area contributed by atoms with Crippen molar-refractivity contribution in [3.63, 3.8) is 0 Å². The first-order chi connectivity index (χ1) is 9.50. The Labute approximate surface area is 124 Å². The molecule has 0 heterocycles. The zero-order valence-electron chi connectivity index (χ0n) is 13.3. The van der Waals surface area contributed by atoms with Crippen LogP contribution < -0.4 is 0 Å². The second kappa shape index (κ2) is 6.00. The number of hydrogen-bond donors (Lipinski definition) is 3. The fourth-order valence-electron chi connectivity index (χ4n) is 1.83. The van der Waals surface area contributed by atoms with Crippen LogP contribution >= 0.6 is 0 Å². The van der Waals surface area contributed by atoms with Crippen LogP contribution in [-0.4, -0.2) is 15.8 Å². The summed E-state index contributed by atoms with van der Waals surface area (Å²) >= 11 is 0. The molecular formula is C15H24O6. The molecule has 1 rings (SSSR count). The predicted octanol–water partition coefficient (Wildman–Crippen LogP) is 3.86. The van der Waals surface area contributed by atoms with Crippen molar-refractivity contribution in [2.24, 2.45) is 0 Å². The van der Waals surface area contributed by atoms with Crippen molar-refractivity contribution in [1.29, 1.82) is 0 Å². The molecule has 0 bridgehead atoms. The molecule has 0 unspecified atom stereocenters. The summed E-state index contributed by atoms with van der Waals surface area (Å²) in [6.45, 7) is 10.1. The van der Waals surface area contributed by atoms with Crippen LogP contribution in [0.3, 0.4) is 0 Å². The molecule has 0 aliphatic rings. The molecular weight excluding hydrogens is 276 g/mol. The Morgan fingerprint density at radius 1 is 0.571 bits per heavy atom. The molecule has 6 heteroatoms. The van der Waals surface area contributed by atoms with E-state index in [-0.39, 0.29) is 0 Å². The largest absolute Gasteiger partial charge is 0.251 e. The molecule has 1 aromatic rings. The Kier molecular flexibility index (Phi) is 5.15. The van der Waals surface area contributed by atoms with Gasteiger partial charge in [0.25, 0.3) is 0 Å². The van der Waals surface area contributed by atoms with E-state index in [1.165, 1.54) is 0 Å². The van der Waals surface area contributed by atoms with Crippen molar-refractivity contribution >= 4 is 0 Å². The zero-order valence-corrected chi connectivity index (χ0v) is 13.3. The lowest BCUT2D eigenvalue weighted by atomic mass is 9.85. The van der Waals surface area contributed by atoms with E-state index in [4.69, 9.17) is 15.8 Å². The molecule has 0 aliphatic carbocycles. The van der Waals surface area contributed by atoms with E-state index in [9.17, 15) is 0 Å². The molecule has 1 aromatic carbocycles. The van der Waals surface area contributed by atoms with E-state index >= 15 is 0 Å². The van der Waals surface area contributed by atoms with E-state index in [0.29, 0.717) is 16.7 Å². The summed E-state index contributed by atoms with van der Waals surface area (Å²) in [4.78, 5) is 13.6. The summed E-state index contributed by atoms with van der Waals surface area (Å²) in [5.74, 6) is 0. The molecule has 3 N–H and O–H groups in total. The van der Waals surface area contributed by atoms with E-state index in [0.717, 1.165) is 0 Å². The smallest absolute Gasteiger partial charge is 0.123 e. The topological polar surface area (TPSA) is 88.4 Å². The van der Waals surface area contributed by atoms with E-state index < -0.39 is 16.8 Å². The van der Waals surface area contributed by atoms with Crippen molar-refractivity contribution in [2.45, 2.75) is 58.3 Å². The van der Waals surface area contributed by atoms with Gasteiger partial charge >= 0.3 is 0 Å². The second-order valence-corrected chi connectivity index (χ2v) is 6.60. The number of hydrogen-bond acceptors (Lipinski definition) is 6. The minimum Gasteiger partial charge on any atom is -0.251 e. The maximum atomic E-state index is 9.09. The molecule has 0 saturated heterocycles. The molecule has 0 aliphatic heterocycles. The maximum Gasteiger partial charge on any atom is 0.123 e. The minimum absolute atomic E-state index is 0.646. The molecule has 120 valence electrons. The summed E-state index contributed by atoms with van der Waals surface area (Å²) in [7, 11) is 0. The summed E-state index contributed by atoms with van der Waals surface area (Å²) in [6.07, 6.45) is 0. The Hall–Kier alpha value is -1.02. The lowest BCUT2D eigenvalue weighted by Crippen LogP contribution is -2.27. The van der Waals surface area contributed by atoms with Gasteiger partial charge in [-0.15, -0.1) is 0 Å². The van der Waals surface area contributed by atoms with Gasteiger partial charge in [-0.05, 0) is 76.4 Å². The highest BCUT2D eigenvalue weighted by Gasteiger charge is 2.31. The molecule has 0 fully saturated rings. The average Bonchev–Trinajstić information content (AvgIpc) is 2.46. The van der Waals surface area contributed by atoms with Gasteiger partial charge in [0.05, 0.1) is 0 Å². The lowest BCUT2D eigenvalue weighted by molar-refractivity contribution is -0.322. The molecule has 0 atom stereocenters. The maximum absolute atomic E-state index is 9.09. The van der Waals surface area contributed by atoms with Gasteiger partial charge in [0.2, 0.25) is 0 Å². The first-order valence-corrected chi connectivity index (χ1v) is 6.64. The molecule has 0 spiro atoms. The Bertz CT molecular complexity index is 409. The highest BCUT2D eigenvalue weighted by molar-refractivity contribution is 5.38. The van der Waals surface area contributed by atoms with Crippen LogP contribution in [0.4, 0.5) is 0 Å². The number of rotatable bonds is 6. The summed E-state index contributed by atoms with van der Waals surface area (Å²) in [6, 6.07) is 5.26. The van der Waals surface area contributed by atoms with Gasteiger partial charge in [-0.3, -0.25) is 15.8 Å². The third-order valence-electron chi connectivity index (χ3n) is 3.70. The van der Waals surface area contributed by atoms with Crippen molar-refractivity contribution in [2.75, 3.05) is 0 Å². The highest BCUT2D eigenvalue weighted by Crippen LogP contribution is 2.35. The first-order valence-electron chi connectivity index (χ1n) is 6.64. The molecule has 0 amide bonds. The third-order valence-corrected chi connectivity index (χ3v) is 3.70. The van der Waals surface area contributed by atoms with Gasteiger partial charge in [-0.25, -0.2) is 14.7 Å². The van der Waals surface area contributed by atoms with Crippen molar-refractivity contribution < 1.29 is 30.4 Å². The lowest BCUT2D eigenvalue weighted by Gasteiger charge is -2.30. The Balaban J connectivity index is 3.55. The SMILES string of the molecule is CC(C)(OO)c1cc(C(C)(C)OO)cc(C(C)(C)OO)c1. The monoisotopic (exact) mass is 300 g/mol. The quantitative estimate of drug-likeness (QED) is 0.546. The standard InChI is InChI=1S/C15H24O6/c1-13(2,19-16)10-7-11(14(3,4)20-17)9-12(8-10)15(5,6)21-18/h7-9,16-18H,1-6H3. The van der Waals surface area contributed by atoms with E-state index in [2.05, 4.69) is 14.7 Å². The van der Waals surface area contributed by atoms with Gasteiger partial charge in [-0.1, -0.05) is 0 Å². The van der Waals surface area contributed by atoms with Crippen LogP contribution in [0.5, 0.6) is 0 Å². The second-order valence-electron chi connectivity index (χ2n) is 6.60. The summed E-state index contributed by atoms with van der Waals surface area (Å²) < 4.78 is 0. The Morgan fingerprint density at radius 2 is 0.762 bits per heavy atom. The van der Waals surface area contributed by atoms with Crippen LogP contribution in [0.25, 0.3) is 0 Å². The normalized spacial score (nSPS) is 13.6. The third kappa shape index (κ3) is 3.79. The van der Waals surface area contributed by atoms with Crippen molar-refractivity contribution in [3.8, 4) is 0 Å². The van der Waals surface area contributed by atoms with Crippen LogP contribution in [0.2, 0.25) is 0 Å². The highest BCUT2D eigenvalue weighted by atomic mass is 17.1. The average molecular weight is 300 g/mol. The van der Waals surface area contributed by atoms with Gasteiger partial charge < -0.3 is 0 Å².